The molecule has 0 spiro atoms. The maximum atomic E-state index is 12.1. The molecule has 1 heterocycles. The van der Waals surface area contributed by atoms with Gasteiger partial charge in [-0.05, 0) is 34.0 Å². The molecule has 0 saturated heterocycles. The minimum atomic E-state index is -0.0349. The number of amides is 1. The van der Waals surface area contributed by atoms with Crippen LogP contribution < -0.4 is 10.1 Å². The van der Waals surface area contributed by atoms with Gasteiger partial charge in [0.05, 0.1) is 19.7 Å². The first-order chi connectivity index (χ1) is 10.6. The second-order valence-corrected chi connectivity index (χ2v) is 5.39. The van der Waals surface area contributed by atoms with Gasteiger partial charge < -0.3 is 10.1 Å². The number of hydrogen-bond acceptors (Lipinski definition) is 5. The Labute approximate surface area is 129 Å². The Kier molecular flexibility index (Phi) is 5.46. The van der Waals surface area contributed by atoms with Crippen molar-refractivity contribution in [2.24, 2.45) is 5.92 Å². The van der Waals surface area contributed by atoms with E-state index in [4.69, 9.17) is 4.74 Å². The molecule has 22 heavy (non-hydrogen) atoms. The predicted molar refractivity (Wildman–Crippen MR) is 81.1 cm³/mol. The summed E-state index contributed by atoms with van der Waals surface area (Å²) in [4.78, 5) is 12.1. The van der Waals surface area contributed by atoms with E-state index in [2.05, 4.69) is 34.7 Å². The number of aromatic nitrogens is 4. The van der Waals surface area contributed by atoms with Crippen LogP contribution in [0.25, 0.3) is 0 Å². The molecule has 2 rings (SSSR count). The predicted octanol–water partition coefficient (Wildman–Crippen LogP) is 1.59. The highest BCUT2D eigenvalue weighted by Gasteiger charge is 2.18. The van der Waals surface area contributed by atoms with Crippen LogP contribution in [0.5, 0.6) is 5.75 Å². The van der Waals surface area contributed by atoms with E-state index in [9.17, 15) is 4.79 Å². The Hall–Kier alpha value is -2.44. The molecule has 1 atom stereocenters. The van der Waals surface area contributed by atoms with Crippen LogP contribution in [0.4, 0.5) is 0 Å². The number of tetrazole rings is 1. The van der Waals surface area contributed by atoms with Gasteiger partial charge in [0.25, 0.3) is 0 Å². The Bertz CT molecular complexity index is 580. The van der Waals surface area contributed by atoms with Crippen molar-refractivity contribution in [3.63, 3.8) is 0 Å². The van der Waals surface area contributed by atoms with Gasteiger partial charge >= 0.3 is 0 Å². The zero-order chi connectivity index (χ0) is 15.9. The van der Waals surface area contributed by atoms with Gasteiger partial charge in [-0.2, -0.15) is 0 Å². The Morgan fingerprint density at radius 2 is 2.05 bits per heavy atom. The molecule has 0 aliphatic heterocycles. The number of nitrogens with one attached hydrogen (secondary N) is 1. The fourth-order valence-corrected chi connectivity index (χ4v) is 2.19. The van der Waals surface area contributed by atoms with E-state index in [1.54, 1.807) is 7.11 Å². The molecule has 0 aliphatic rings. The fourth-order valence-electron chi connectivity index (χ4n) is 2.19. The van der Waals surface area contributed by atoms with Crippen molar-refractivity contribution in [2.75, 3.05) is 7.11 Å². The van der Waals surface area contributed by atoms with E-state index in [1.165, 1.54) is 11.0 Å². The molecule has 7 heteroatoms. The molecule has 0 radical (unpaired) electrons. The van der Waals surface area contributed by atoms with Crippen molar-refractivity contribution in [3.05, 3.63) is 36.2 Å². The van der Waals surface area contributed by atoms with Gasteiger partial charge in [-0.3, -0.25) is 4.79 Å². The molecular weight excluding hydrogens is 282 g/mol. The van der Waals surface area contributed by atoms with E-state index in [0.717, 1.165) is 11.3 Å². The maximum absolute atomic E-state index is 12.1. The molecule has 1 amide bonds. The highest BCUT2D eigenvalue weighted by Crippen LogP contribution is 2.24. The number of carbonyl (C=O) groups excluding carboxylic acids is 1. The molecule has 0 fully saturated rings. The summed E-state index contributed by atoms with van der Waals surface area (Å²) in [6.45, 7) is 4.62. The average Bonchev–Trinajstić information content (AvgIpc) is 3.04. The second kappa shape index (κ2) is 7.53. The lowest BCUT2D eigenvalue weighted by Gasteiger charge is -2.23. The Balaban J connectivity index is 1.96. The van der Waals surface area contributed by atoms with Crippen LogP contribution in [0.2, 0.25) is 0 Å². The Morgan fingerprint density at radius 1 is 1.32 bits per heavy atom. The summed E-state index contributed by atoms with van der Waals surface area (Å²) >= 11 is 0. The number of carbonyl (C=O) groups is 1. The summed E-state index contributed by atoms with van der Waals surface area (Å²) in [5.41, 5.74) is 1.06. The normalized spacial score (nSPS) is 12.2. The van der Waals surface area contributed by atoms with Crippen molar-refractivity contribution in [1.82, 2.24) is 25.5 Å². The first kappa shape index (κ1) is 15.9. The van der Waals surface area contributed by atoms with Crippen molar-refractivity contribution < 1.29 is 9.53 Å². The van der Waals surface area contributed by atoms with E-state index in [-0.39, 0.29) is 17.9 Å². The topological polar surface area (TPSA) is 81.9 Å². The van der Waals surface area contributed by atoms with E-state index < -0.39 is 0 Å². The first-order valence-corrected chi connectivity index (χ1v) is 7.24. The second-order valence-electron chi connectivity index (χ2n) is 5.39. The lowest BCUT2D eigenvalue weighted by atomic mass is 9.96. The van der Waals surface area contributed by atoms with Crippen LogP contribution in [0.15, 0.2) is 30.6 Å². The van der Waals surface area contributed by atoms with Gasteiger partial charge in [0, 0.05) is 6.42 Å². The van der Waals surface area contributed by atoms with Crippen molar-refractivity contribution in [3.8, 4) is 5.75 Å². The standard InChI is InChI=1S/C15H21N5O2/c1-11(2)15(12-4-6-13(22-3)7-5-12)17-14(21)8-9-20-10-16-18-19-20/h4-7,10-11,15H,8-9H2,1-3H3,(H,17,21). The SMILES string of the molecule is COc1ccc(C(NC(=O)CCn2cnnn2)C(C)C)cc1. The third-order valence-electron chi connectivity index (χ3n) is 3.42. The lowest BCUT2D eigenvalue weighted by molar-refractivity contribution is -0.122. The van der Waals surface area contributed by atoms with Crippen LogP contribution in [-0.4, -0.2) is 33.2 Å². The highest BCUT2D eigenvalue weighted by molar-refractivity contribution is 5.76. The molecule has 7 nitrogen and oxygen atoms in total. The maximum Gasteiger partial charge on any atom is 0.222 e. The van der Waals surface area contributed by atoms with Gasteiger partial charge in [0.2, 0.25) is 5.91 Å². The number of hydrogen-bond donors (Lipinski definition) is 1. The van der Waals surface area contributed by atoms with Gasteiger partial charge in [-0.25, -0.2) is 4.68 Å². The van der Waals surface area contributed by atoms with Crippen LogP contribution in [0.1, 0.15) is 31.9 Å². The summed E-state index contributed by atoms with van der Waals surface area (Å²) < 4.78 is 6.70. The molecule has 1 N–H and O–H groups in total. The van der Waals surface area contributed by atoms with E-state index in [0.29, 0.717) is 13.0 Å². The van der Waals surface area contributed by atoms with Crippen molar-refractivity contribution in [2.45, 2.75) is 32.9 Å². The number of aryl methyl sites for hydroxylation is 1. The molecule has 1 aromatic heterocycles. The molecule has 0 saturated carbocycles. The lowest BCUT2D eigenvalue weighted by Crippen LogP contribution is -2.32. The average molecular weight is 303 g/mol. The summed E-state index contributed by atoms with van der Waals surface area (Å²) in [5.74, 6) is 1.06. The van der Waals surface area contributed by atoms with Crippen LogP contribution in [-0.2, 0) is 11.3 Å². The molecular formula is C15H21N5O2. The van der Waals surface area contributed by atoms with E-state index in [1.807, 2.05) is 24.3 Å². The molecule has 118 valence electrons. The summed E-state index contributed by atoms with van der Waals surface area (Å²) in [5, 5.41) is 13.9. The number of ether oxygens (including phenoxy) is 1. The van der Waals surface area contributed by atoms with Crippen molar-refractivity contribution in [1.29, 1.82) is 0 Å². The highest BCUT2D eigenvalue weighted by atomic mass is 16.5. The number of rotatable bonds is 7. The van der Waals surface area contributed by atoms with Gasteiger partial charge in [-0.15, -0.1) is 5.10 Å². The third kappa shape index (κ3) is 4.28. The molecule has 0 bridgehead atoms. The molecule has 0 aliphatic carbocycles. The van der Waals surface area contributed by atoms with E-state index >= 15 is 0 Å². The number of benzene rings is 1. The molecule has 1 aromatic carbocycles. The number of nitrogens with zero attached hydrogens (tertiary/aromatic N) is 4. The zero-order valence-electron chi connectivity index (χ0n) is 13.1. The largest absolute Gasteiger partial charge is 0.497 e. The Morgan fingerprint density at radius 3 is 2.59 bits per heavy atom. The van der Waals surface area contributed by atoms with Crippen LogP contribution >= 0.6 is 0 Å². The minimum Gasteiger partial charge on any atom is -0.497 e. The minimum absolute atomic E-state index is 0.0231. The summed E-state index contributed by atoms with van der Waals surface area (Å²) in [6.07, 6.45) is 1.83. The fraction of sp³-hybridized carbons (Fsp3) is 0.467. The monoisotopic (exact) mass is 303 g/mol. The van der Waals surface area contributed by atoms with Gasteiger partial charge in [0.1, 0.15) is 12.1 Å². The van der Waals surface area contributed by atoms with Crippen LogP contribution in [0.3, 0.4) is 0 Å². The van der Waals surface area contributed by atoms with Crippen LogP contribution in [0, 0.1) is 5.92 Å². The quantitative estimate of drug-likeness (QED) is 0.840. The third-order valence-corrected chi connectivity index (χ3v) is 3.42. The molecule has 2 aromatic rings. The number of methoxy groups -OCH3 is 1. The summed E-state index contributed by atoms with van der Waals surface area (Å²) in [6, 6.07) is 7.72. The first-order valence-electron chi connectivity index (χ1n) is 7.24. The van der Waals surface area contributed by atoms with Crippen molar-refractivity contribution >= 4 is 5.91 Å². The van der Waals surface area contributed by atoms with Gasteiger partial charge in [-0.1, -0.05) is 26.0 Å². The summed E-state index contributed by atoms with van der Waals surface area (Å²) in [7, 11) is 1.63. The smallest absolute Gasteiger partial charge is 0.222 e. The zero-order valence-corrected chi connectivity index (χ0v) is 13.1. The molecule has 1 unspecified atom stereocenters. The van der Waals surface area contributed by atoms with Gasteiger partial charge in [0.15, 0.2) is 0 Å².